The molecule has 2 N–H and O–H groups in total. The molecule has 6 heteroatoms. The average molecular weight is 253 g/mol. The molecule has 3 atom stereocenters. The van der Waals surface area contributed by atoms with Gasteiger partial charge in [-0.3, -0.25) is 9.78 Å². The van der Waals surface area contributed by atoms with Crippen LogP contribution in [0.2, 0.25) is 5.15 Å². The van der Waals surface area contributed by atoms with Crippen LogP contribution in [0.3, 0.4) is 0 Å². The standard InChI is InChI=1S/C11H13ClN4O/c12-9-4-13-5-10(15-9)16-11(17)8-3-6-1-2-7(6)14-8/h4-8,14H,1-3H2,(H,15,16,17)/t6-,7-,8+/m1/s1. The fourth-order valence-corrected chi connectivity index (χ4v) is 2.65. The second kappa shape index (κ2) is 4.23. The predicted octanol–water partition coefficient (Wildman–Crippen LogP) is 1.21. The Morgan fingerprint density at radius 2 is 2.35 bits per heavy atom. The molecule has 2 aliphatic rings. The topological polar surface area (TPSA) is 66.9 Å². The van der Waals surface area contributed by atoms with Gasteiger partial charge in [0.1, 0.15) is 5.15 Å². The minimum absolute atomic E-state index is 0.0454. The first kappa shape index (κ1) is 10.9. The molecule has 2 heterocycles. The van der Waals surface area contributed by atoms with E-state index >= 15 is 0 Å². The van der Waals surface area contributed by atoms with Gasteiger partial charge in [0.25, 0.3) is 0 Å². The molecule has 17 heavy (non-hydrogen) atoms. The maximum Gasteiger partial charge on any atom is 0.242 e. The Hall–Kier alpha value is -1.20. The number of aromatic nitrogens is 2. The number of hydrogen-bond acceptors (Lipinski definition) is 4. The second-order valence-electron chi connectivity index (χ2n) is 4.62. The first-order valence-corrected chi connectivity index (χ1v) is 6.14. The van der Waals surface area contributed by atoms with Gasteiger partial charge in [0, 0.05) is 6.04 Å². The van der Waals surface area contributed by atoms with Gasteiger partial charge in [-0.2, -0.15) is 0 Å². The van der Waals surface area contributed by atoms with E-state index in [2.05, 4.69) is 20.6 Å². The lowest BCUT2D eigenvalue weighted by atomic mass is 9.80. The summed E-state index contributed by atoms with van der Waals surface area (Å²) in [5, 5.41) is 6.35. The molecule has 1 aliphatic carbocycles. The van der Waals surface area contributed by atoms with Crippen molar-refractivity contribution < 1.29 is 4.79 Å². The van der Waals surface area contributed by atoms with Crippen LogP contribution >= 0.6 is 11.6 Å². The van der Waals surface area contributed by atoms with Crippen LogP contribution in [0.25, 0.3) is 0 Å². The van der Waals surface area contributed by atoms with Gasteiger partial charge in [-0.1, -0.05) is 11.6 Å². The van der Waals surface area contributed by atoms with Crippen LogP contribution in [-0.4, -0.2) is 28.0 Å². The summed E-state index contributed by atoms with van der Waals surface area (Å²) in [5.41, 5.74) is 0. The number of nitrogens with zero attached hydrogens (tertiary/aromatic N) is 2. The first-order valence-electron chi connectivity index (χ1n) is 5.77. The Balaban J connectivity index is 1.63. The van der Waals surface area contributed by atoms with Crippen LogP contribution in [0.1, 0.15) is 19.3 Å². The summed E-state index contributed by atoms with van der Waals surface area (Å²) >= 11 is 5.70. The zero-order chi connectivity index (χ0) is 11.8. The van der Waals surface area contributed by atoms with E-state index in [1.807, 2.05) is 0 Å². The van der Waals surface area contributed by atoms with Gasteiger partial charge in [0.05, 0.1) is 18.4 Å². The lowest BCUT2D eigenvalue weighted by molar-refractivity contribution is -0.117. The Morgan fingerprint density at radius 3 is 2.94 bits per heavy atom. The quantitative estimate of drug-likeness (QED) is 0.830. The molecule has 2 fully saturated rings. The summed E-state index contributed by atoms with van der Waals surface area (Å²) in [6, 6.07) is 0.435. The SMILES string of the molecule is O=C(Nc1cncc(Cl)n1)[C@@H]1C[C@H]2CC[C@H]2N1. The summed E-state index contributed by atoms with van der Waals surface area (Å²) in [4.78, 5) is 19.8. The Kier molecular flexibility index (Phi) is 2.72. The number of halogens is 1. The Bertz CT molecular complexity index is 441. The highest BCUT2D eigenvalue weighted by molar-refractivity contribution is 6.29. The summed E-state index contributed by atoms with van der Waals surface area (Å²) in [5.74, 6) is 1.04. The van der Waals surface area contributed by atoms with E-state index in [9.17, 15) is 4.79 Å². The molecule has 0 radical (unpaired) electrons. The van der Waals surface area contributed by atoms with Crippen LogP contribution in [0, 0.1) is 5.92 Å². The van der Waals surface area contributed by atoms with Crippen molar-refractivity contribution in [3.8, 4) is 0 Å². The molecule has 1 aliphatic heterocycles. The van der Waals surface area contributed by atoms with Gasteiger partial charge in [-0.25, -0.2) is 4.98 Å². The molecule has 0 aromatic carbocycles. The number of fused-ring (bicyclic) bond motifs is 1. The van der Waals surface area contributed by atoms with Gasteiger partial charge in [0.15, 0.2) is 5.82 Å². The molecule has 3 rings (SSSR count). The summed E-state index contributed by atoms with van der Waals surface area (Å²) in [7, 11) is 0. The average Bonchev–Trinajstić information content (AvgIpc) is 2.55. The number of anilines is 1. The molecule has 1 saturated carbocycles. The lowest BCUT2D eigenvalue weighted by Gasteiger charge is -2.29. The van der Waals surface area contributed by atoms with E-state index in [1.54, 1.807) is 0 Å². The third-order valence-electron chi connectivity index (χ3n) is 3.54. The van der Waals surface area contributed by atoms with Crippen LogP contribution < -0.4 is 10.6 Å². The van der Waals surface area contributed by atoms with Crippen LogP contribution in [-0.2, 0) is 4.79 Å². The van der Waals surface area contributed by atoms with E-state index in [0.717, 1.165) is 6.42 Å². The molecule has 0 unspecified atom stereocenters. The van der Waals surface area contributed by atoms with Crippen molar-refractivity contribution in [2.45, 2.75) is 31.3 Å². The number of nitrogens with one attached hydrogen (secondary N) is 2. The molecule has 1 aromatic heterocycles. The summed E-state index contributed by atoms with van der Waals surface area (Å²) in [6.45, 7) is 0. The molecule has 90 valence electrons. The zero-order valence-corrected chi connectivity index (χ0v) is 9.94. The molecular formula is C11H13ClN4O. The molecule has 0 spiro atoms. The first-order chi connectivity index (χ1) is 8.22. The van der Waals surface area contributed by atoms with Crippen LogP contribution in [0.4, 0.5) is 5.82 Å². The van der Waals surface area contributed by atoms with Gasteiger partial charge < -0.3 is 10.6 Å². The van der Waals surface area contributed by atoms with Gasteiger partial charge in [-0.15, -0.1) is 0 Å². The van der Waals surface area contributed by atoms with Gasteiger partial charge in [-0.05, 0) is 25.2 Å². The van der Waals surface area contributed by atoms with Crippen molar-refractivity contribution in [2.24, 2.45) is 5.92 Å². The molecule has 1 amide bonds. The van der Waals surface area contributed by atoms with Gasteiger partial charge in [0.2, 0.25) is 5.91 Å². The Labute approximate surface area is 104 Å². The predicted molar refractivity (Wildman–Crippen MR) is 63.7 cm³/mol. The van der Waals surface area contributed by atoms with Crippen LogP contribution in [0.15, 0.2) is 12.4 Å². The molecular weight excluding hydrogens is 240 g/mol. The van der Waals surface area contributed by atoms with Crippen molar-refractivity contribution in [1.29, 1.82) is 0 Å². The van der Waals surface area contributed by atoms with E-state index in [1.165, 1.54) is 25.2 Å². The minimum Gasteiger partial charge on any atom is -0.308 e. The number of rotatable bonds is 2. The largest absolute Gasteiger partial charge is 0.308 e. The van der Waals surface area contributed by atoms with E-state index in [0.29, 0.717) is 17.8 Å². The number of amides is 1. The monoisotopic (exact) mass is 252 g/mol. The number of hydrogen-bond donors (Lipinski definition) is 2. The van der Waals surface area contributed by atoms with E-state index in [-0.39, 0.29) is 17.1 Å². The highest BCUT2D eigenvalue weighted by Gasteiger charge is 2.42. The molecule has 5 nitrogen and oxygen atoms in total. The third kappa shape index (κ3) is 2.12. The van der Waals surface area contributed by atoms with Crippen molar-refractivity contribution in [1.82, 2.24) is 15.3 Å². The second-order valence-corrected chi connectivity index (χ2v) is 5.00. The number of carbonyl (C=O) groups excluding carboxylic acids is 1. The van der Waals surface area contributed by atoms with Gasteiger partial charge >= 0.3 is 0 Å². The normalized spacial score (nSPS) is 30.5. The van der Waals surface area contributed by atoms with Crippen molar-refractivity contribution in [3.63, 3.8) is 0 Å². The maximum absolute atomic E-state index is 12.0. The zero-order valence-electron chi connectivity index (χ0n) is 9.19. The Morgan fingerprint density at radius 1 is 1.47 bits per heavy atom. The van der Waals surface area contributed by atoms with E-state index < -0.39 is 0 Å². The summed E-state index contributed by atoms with van der Waals surface area (Å²) in [6.07, 6.45) is 6.27. The van der Waals surface area contributed by atoms with Crippen LogP contribution in [0.5, 0.6) is 0 Å². The lowest BCUT2D eigenvalue weighted by Crippen LogP contribution is -2.41. The number of carbonyl (C=O) groups is 1. The maximum atomic E-state index is 12.0. The van der Waals surface area contributed by atoms with Crippen molar-refractivity contribution in [3.05, 3.63) is 17.5 Å². The van der Waals surface area contributed by atoms with E-state index in [4.69, 9.17) is 11.6 Å². The molecule has 0 bridgehead atoms. The smallest absolute Gasteiger partial charge is 0.242 e. The minimum atomic E-state index is -0.103. The fourth-order valence-electron chi connectivity index (χ4n) is 2.50. The molecule has 1 aromatic rings. The third-order valence-corrected chi connectivity index (χ3v) is 3.73. The highest BCUT2D eigenvalue weighted by Crippen LogP contribution is 2.37. The summed E-state index contributed by atoms with van der Waals surface area (Å²) < 4.78 is 0. The highest BCUT2D eigenvalue weighted by atomic mass is 35.5. The fraction of sp³-hybridized carbons (Fsp3) is 0.545. The van der Waals surface area contributed by atoms with Crippen molar-refractivity contribution in [2.75, 3.05) is 5.32 Å². The molecule has 1 saturated heterocycles. The van der Waals surface area contributed by atoms with Crippen molar-refractivity contribution >= 4 is 23.3 Å².